The summed E-state index contributed by atoms with van der Waals surface area (Å²) in [6.45, 7) is 6.69. The summed E-state index contributed by atoms with van der Waals surface area (Å²) in [5.41, 5.74) is -0.878. The third-order valence-corrected chi connectivity index (χ3v) is 4.24. The molecule has 1 N–H and O–H groups in total. The first-order chi connectivity index (χ1) is 11.1. The Morgan fingerprint density at radius 2 is 1.87 bits per heavy atom. The van der Waals surface area contributed by atoms with E-state index in [1.54, 1.807) is 13.4 Å². The zero-order valence-corrected chi connectivity index (χ0v) is 14.2. The van der Waals surface area contributed by atoms with Crippen molar-refractivity contribution in [1.29, 1.82) is 0 Å². The third-order valence-electron chi connectivity index (χ3n) is 4.24. The van der Waals surface area contributed by atoms with Gasteiger partial charge in [0, 0.05) is 13.7 Å². The Bertz CT molecular complexity index is 557. The van der Waals surface area contributed by atoms with Crippen LogP contribution in [0.25, 0.3) is 0 Å². The highest BCUT2D eigenvalue weighted by Gasteiger charge is 2.28. The van der Waals surface area contributed by atoms with Gasteiger partial charge in [0.1, 0.15) is 22.9 Å². The van der Waals surface area contributed by atoms with Crippen LogP contribution in [-0.2, 0) is 23.4 Å². The number of aliphatic hydroxyl groups is 1. The van der Waals surface area contributed by atoms with Gasteiger partial charge in [0.05, 0.1) is 26.0 Å². The van der Waals surface area contributed by atoms with Gasteiger partial charge in [-0.1, -0.05) is 13.8 Å². The maximum Gasteiger partial charge on any atom is 0.135 e. The lowest BCUT2D eigenvalue weighted by Gasteiger charge is -2.23. The highest BCUT2D eigenvalue weighted by molar-refractivity contribution is 5.14. The molecule has 0 spiro atoms. The molecule has 0 bridgehead atoms. The monoisotopic (exact) mass is 321 g/mol. The van der Waals surface area contributed by atoms with Crippen LogP contribution in [0.2, 0.25) is 0 Å². The van der Waals surface area contributed by atoms with E-state index >= 15 is 0 Å². The van der Waals surface area contributed by atoms with Crippen molar-refractivity contribution in [2.75, 3.05) is 20.3 Å². The van der Waals surface area contributed by atoms with E-state index in [1.165, 1.54) is 0 Å². The van der Waals surface area contributed by atoms with Crippen molar-refractivity contribution in [3.8, 4) is 0 Å². The fourth-order valence-electron chi connectivity index (χ4n) is 2.59. The summed E-state index contributed by atoms with van der Waals surface area (Å²) in [6.07, 6.45) is 2.95. The van der Waals surface area contributed by atoms with E-state index in [1.807, 2.05) is 38.1 Å². The van der Waals surface area contributed by atoms with Crippen LogP contribution in [-0.4, -0.2) is 30.3 Å². The number of rotatable bonds is 10. The summed E-state index contributed by atoms with van der Waals surface area (Å²) in [6, 6.07) is 7.66. The normalized spacial score (nSPS) is 12.2. The fourth-order valence-corrected chi connectivity index (χ4v) is 2.59. The molecule has 0 saturated carbocycles. The molecule has 2 heterocycles. The number of methoxy groups -OCH3 is 1. The Morgan fingerprint density at radius 1 is 1.13 bits per heavy atom. The highest BCUT2D eigenvalue weighted by atomic mass is 16.5. The summed E-state index contributed by atoms with van der Waals surface area (Å²) >= 11 is 0. The van der Waals surface area contributed by atoms with Crippen molar-refractivity contribution in [2.24, 2.45) is 0 Å². The highest BCUT2D eigenvalue weighted by Crippen LogP contribution is 2.30. The average Bonchev–Trinajstić information content (AvgIpc) is 3.24. The lowest BCUT2D eigenvalue weighted by atomic mass is 9.95. The van der Waals surface area contributed by atoms with Gasteiger partial charge in [0.25, 0.3) is 0 Å². The van der Waals surface area contributed by atoms with E-state index in [-0.39, 0.29) is 0 Å². The van der Waals surface area contributed by atoms with Crippen LogP contribution in [0.3, 0.4) is 0 Å². The lowest BCUT2D eigenvalue weighted by Crippen LogP contribution is -2.26. The molecule has 2 aromatic heterocycles. The van der Waals surface area contributed by atoms with Crippen LogP contribution in [0.1, 0.15) is 44.0 Å². The second-order valence-corrected chi connectivity index (χ2v) is 5.79. The zero-order chi connectivity index (χ0) is 16.7. The van der Waals surface area contributed by atoms with Crippen molar-refractivity contribution in [3.63, 3.8) is 0 Å². The van der Waals surface area contributed by atoms with Crippen LogP contribution in [0, 0.1) is 0 Å². The van der Waals surface area contributed by atoms with Crippen LogP contribution in [0.15, 0.2) is 39.4 Å². The molecule has 0 radical (unpaired) electrons. The Balaban J connectivity index is 2.05. The Kier molecular flexibility index (Phi) is 6.45. The first-order valence-electron chi connectivity index (χ1n) is 8.16. The van der Waals surface area contributed by atoms with Gasteiger partial charge in [0.15, 0.2) is 0 Å². The zero-order valence-electron chi connectivity index (χ0n) is 14.2. The summed E-state index contributed by atoms with van der Waals surface area (Å²) in [4.78, 5) is 2.20. The average molecular weight is 321 g/mol. The van der Waals surface area contributed by atoms with Crippen molar-refractivity contribution in [1.82, 2.24) is 4.90 Å². The molecule has 0 amide bonds. The number of nitrogens with zero attached hydrogens (tertiary/aromatic N) is 1. The lowest BCUT2D eigenvalue weighted by molar-refractivity contribution is 0.00499. The van der Waals surface area contributed by atoms with E-state index in [2.05, 4.69) is 4.90 Å². The van der Waals surface area contributed by atoms with Crippen LogP contribution < -0.4 is 0 Å². The van der Waals surface area contributed by atoms with Gasteiger partial charge in [-0.3, -0.25) is 4.90 Å². The fraction of sp³-hybridized carbons (Fsp3) is 0.556. The molecule has 0 saturated heterocycles. The molecular weight excluding hydrogens is 294 g/mol. The van der Waals surface area contributed by atoms with Crippen LogP contribution >= 0.6 is 0 Å². The second kappa shape index (κ2) is 8.34. The predicted octanol–water partition coefficient (Wildman–Crippen LogP) is 3.53. The molecule has 0 aromatic carbocycles. The largest absolute Gasteiger partial charge is 0.468 e. The molecule has 0 unspecified atom stereocenters. The number of ether oxygens (including phenoxy) is 1. The van der Waals surface area contributed by atoms with E-state index in [0.29, 0.717) is 38.3 Å². The Morgan fingerprint density at radius 3 is 2.48 bits per heavy atom. The molecule has 0 aliphatic carbocycles. The van der Waals surface area contributed by atoms with Gasteiger partial charge in [0.2, 0.25) is 0 Å². The molecule has 0 aliphatic heterocycles. The van der Waals surface area contributed by atoms with Crippen LogP contribution in [0.4, 0.5) is 0 Å². The molecule has 5 nitrogen and oxygen atoms in total. The maximum atomic E-state index is 10.6. The minimum atomic E-state index is -0.878. The van der Waals surface area contributed by atoms with Gasteiger partial charge in [-0.2, -0.15) is 0 Å². The van der Waals surface area contributed by atoms with E-state index in [4.69, 9.17) is 13.6 Å². The quantitative estimate of drug-likeness (QED) is 0.725. The van der Waals surface area contributed by atoms with Gasteiger partial charge >= 0.3 is 0 Å². The van der Waals surface area contributed by atoms with Crippen molar-refractivity contribution >= 4 is 0 Å². The molecule has 2 aromatic rings. The number of hydrogen-bond acceptors (Lipinski definition) is 5. The van der Waals surface area contributed by atoms with Crippen molar-refractivity contribution in [3.05, 3.63) is 47.8 Å². The summed E-state index contributed by atoms with van der Waals surface area (Å²) in [5, 5.41) is 10.6. The molecule has 5 heteroatoms. The standard InChI is InChI=1S/C18H27NO4/c1-4-18(20,5-2)17-9-8-16(23-17)14-19(10-12-21-3)13-15-7-6-11-22-15/h6-9,11,20H,4-5,10,12-14H2,1-3H3. The maximum absolute atomic E-state index is 10.6. The summed E-state index contributed by atoms with van der Waals surface area (Å²) in [7, 11) is 1.69. The van der Waals surface area contributed by atoms with Crippen LogP contribution in [0.5, 0.6) is 0 Å². The summed E-state index contributed by atoms with van der Waals surface area (Å²) in [5.74, 6) is 2.39. The van der Waals surface area contributed by atoms with E-state index < -0.39 is 5.60 Å². The van der Waals surface area contributed by atoms with Gasteiger partial charge < -0.3 is 18.7 Å². The minimum Gasteiger partial charge on any atom is -0.468 e. The molecule has 0 atom stereocenters. The first-order valence-corrected chi connectivity index (χ1v) is 8.16. The van der Waals surface area contributed by atoms with Crippen molar-refractivity contribution < 1.29 is 18.7 Å². The first kappa shape index (κ1) is 17.8. The molecular formula is C18H27NO4. The number of hydrogen-bond donors (Lipinski definition) is 1. The van der Waals surface area contributed by atoms with Crippen molar-refractivity contribution in [2.45, 2.75) is 45.4 Å². The molecule has 0 aliphatic rings. The minimum absolute atomic E-state index is 0.635. The van der Waals surface area contributed by atoms with Gasteiger partial charge in [-0.25, -0.2) is 0 Å². The Hall–Kier alpha value is -1.56. The third kappa shape index (κ3) is 4.70. The second-order valence-electron chi connectivity index (χ2n) is 5.79. The van der Waals surface area contributed by atoms with Gasteiger partial charge in [-0.05, 0) is 37.1 Å². The molecule has 2 rings (SSSR count). The molecule has 23 heavy (non-hydrogen) atoms. The van der Waals surface area contributed by atoms with E-state index in [0.717, 1.165) is 18.1 Å². The van der Waals surface area contributed by atoms with Gasteiger partial charge in [-0.15, -0.1) is 0 Å². The molecule has 128 valence electrons. The topological polar surface area (TPSA) is 59.0 Å². The number of furan rings is 2. The Labute approximate surface area is 137 Å². The smallest absolute Gasteiger partial charge is 0.135 e. The summed E-state index contributed by atoms with van der Waals surface area (Å²) < 4.78 is 16.5. The molecule has 0 fully saturated rings. The predicted molar refractivity (Wildman–Crippen MR) is 87.9 cm³/mol. The van der Waals surface area contributed by atoms with E-state index in [9.17, 15) is 5.11 Å². The SMILES string of the molecule is CCC(O)(CC)c1ccc(CN(CCOC)Cc2ccco2)o1.